The molecule has 0 aliphatic carbocycles. The van der Waals surface area contributed by atoms with Gasteiger partial charge in [-0.25, -0.2) is 4.79 Å². The molecule has 0 saturated carbocycles. The van der Waals surface area contributed by atoms with Gasteiger partial charge in [0.15, 0.2) is 0 Å². The van der Waals surface area contributed by atoms with Crippen LogP contribution in [0, 0.1) is 20.8 Å². The highest BCUT2D eigenvalue weighted by atomic mass is 35.5. The molecule has 144 valence electrons. The first-order valence-electron chi connectivity index (χ1n) is 9.24. The molecule has 3 aromatic carbocycles. The molecule has 3 aromatic rings. The molecule has 2 N–H and O–H groups in total. The normalized spacial score (nSPS) is 11.9. The summed E-state index contributed by atoms with van der Waals surface area (Å²) in [7, 11) is 0. The number of anilines is 1. The third-order valence-electron chi connectivity index (χ3n) is 5.01. The first kappa shape index (κ1) is 20.0. The molecule has 0 spiro atoms. The fraction of sp³-hybridized carbons (Fsp3) is 0.208. The summed E-state index contributed by atoms with van der Waals surface area (Å²) in [6.45, 7) is 7.80. The molecule has 0 heterocycles. The summed E-state index contributed by atoms with van der Waals surface area (Å²) >= 11 is 6.13. The molecule has 3 rings (SSSR count). The number of carboxylic acids is 1. The smallest absolute Gasteiger partial charge is 0.336 e. The van der Waals surface area contributed by atoms with Crippen LogP contribution in [-0.2, 0) is 0 Å². The van der Waals surface area contributed by atoms with Gasteiger partial charge in [0, 0.05) is 16.8 Å². The number of hydrogen-bond donors (Lipinski definition) is 2. The van der Waals surface area contributed by atoms with E-state index >= 15 is 0 Å². The van der Waals surface area contributed by atoms with Crippen molar-refractivity contribution in [2.75, 3.05) is 5.32 Å². The van der Waals surface area contributed by atoms with Gasteiger partial charge in [0.1, 0.15) is 0 Å². The Balaban J connectivity index is 1.88. The Morgan fingerprint density at radius 2 is 1.61 bits per heavy atom. The number of halogens is 1. The number of rotatable bonds is 5. The average molecular weight is 394 g/mol. The SMILES string of the molecule is Cc1cc([C@@H](C)Nc2cccc(-c3cc(C)c(C(=O)O)c(C)c3)c2)ccc1Cl. The summed E-state index contributed by atoms with van der Waals surface area (Å²) in [5, 5.41) is 13.7. The predicted octanol–water partition coefficient (Wildman–Crippen LogP) is 6.80. The Morgan fingerprint density at radius 3 is 2.21 bits per heavy atom. The molecule has 0 aromatic heterocycles. The summed E-state index contributed by atoms with van der Waals surface area (Å²) < 4.78 is 0. The molecule has 0 unspecified atom stereocenters. The van der Waals surface area contributed by atoms with E-state index in [-0.39, 0.29) is 6.04 Å². The number of carboxylic acid groups (broad SMARTS) is 1. The quantitative estimate of drug-likeness (QED) is 0.500. The third kappa shape index (κ3) is 4.20. The minimum Gasteiger partial charge on any atom is -0.478 e. The van der Waals surface area contributed by atoms with Gasteiger partial charge in [-0.05, 0) is 79.3 Å². The van der Waals surface area contributed by atoms with Crippen LogP contribution in [0.15, 0.2) is 54.6 Å². The van der Waals surface area contributed by atoms with Crippen LogP contribution in [-0.4, -0.2) is 11.1 Å². The Labute approximate surface area is 171 Å². The highest BCUT2D eigenvalue weighted by Gasteiger charge is 2.13. The van der Waals surface area contributed by atoms with Gasteiger partial charge in [-0.3, -0.25) is 0 Å². The van der Waals surface area contributed by atoms with Gasteiger partial charge in [-0.15, -0.1) is 0 Å². The summed E-state index contributed by atoms with van der Waals surface area (Å²) in [6, 6.07) is 18.2. The van der Waals surface area contributed by atoms with Gasteiger partial charge in [-0.2, -0.15) is 0 Å². The van der Waals surface area contributed by atoms with E-state index in [0.717, 1.165) is 38.5 Å². The van der Waals surface area contributed by atoms with Crippen molar-refractivity contribution in [1.82, 2.24) is 0 Å². The molecule has 3 nitrogen and oxygen atoms in total. The predicted molar refractivity (Wildman–Crippen MR) is 117 cm³/mol. The fourth-order valence-electron chi connectivity index (χ4n) is 3.53. The van der Waals surface area contributed by atoms with Gasteiger partial charge in [0.25, 0.3) is 0 Å². The van der Waals surface area contributed by atoms with Crippen molar-refractivity contribution < 1.29 is 9.90 Å². The molecule has 1 atom stereocenters. The molecule has 0 saturated heterocycles. The highest BCUT2D eigenvalue weighted by molar-refractivity contribution is 6.31. The molecular weight excluding hydrogens is 370 g/mol. The lowest BCUT2D eigenvalue weighted by molar-refractivity contribution is 0.0695. The minimum absolute atomic E-state index is 0.129. The van der Waals surface area contributed by atoms with E-state index in [2.05, 4.69) is 24.4 Å². The van der Waals surface area contributed by atoms with Crippen LogP contribution in [0.25, 0.3) is 11.1 Å². The second-order valence-electron chi connectivity index (χ2n) is 7.25. The summed E-state index contributed by atoms with van der Waals surface area (Å²) in [5.41, 5.74) is 7.22. The van der Waals surface area contributed by atoms with E-state index in [4.69, 9.17) is 11.6 Å². The zero-order chi connectivity index (χ0) is 20.4. The Kier molecular flexibility index (Phi) is 5.76. The number of hydrogen-bond acceptors (Lipinski definition) is 2. The lowest BCUT2D eigenvalue weighted by Gasteiger charge is -2.18. The maximum atomic E-state index is 11.4. The second-order valence-corrected chi connectivity index (χ2v) is 7.65. The summed E-state index contributed by atoms with van der Waals surface area (Å²) in [6.07, 6.45) is 0. The molecule has 0 radical (unpaired) electrons. The van der Waals surface area contributed by atoms with Crippen molar-refractivity contribution in [3.05, 3.63) is 87.4 Å². The van der Waals surface area contributed by atoms with Crippen LogP contribution in [0.4, 0.5) is 5.69 Å². The standard InChI is InChI=1S/C24H24ClNO2/c1-14-10-18(8-9-22(14)25)17(4)26-21-7-5-6-19(13-21)20-11-15(2)23(24(27)28)16(3)12-20/h5-13,17,26H,1-4H3,(H,27,28)/t17-/m1/s1. The average Bonchev–Trinajstić information content (AvgIpc) is 2.63. The first-order valence-corrected chi connectivity index (χ1v) is 9.61. The largest absolute Gasteiger partial charge is 0.478 e. The molecule has 0 fully saturated rings. The Hall–Kier alpha value is -2.78. The van der Waals surface area contributed by atoms with Crippen molar-refractivity contribution in [3.8, 4) is 11.1 Å². The number of carbonyl (C=O) groups is 1. The van der Waals surface area contributed by atoms with Crippen LogP contribution < -0.4 is 5.32 Å². The van der Waals surface area contributed by atoms with E-state index in [1.54, 1.807) is 0 Å². The van der Waals surface area contributed by atoms with E-state index < -0.39 is 5.97 Å². The van der Waals surface area contributed by atoms with E-state index in [0.29, 0.717) is 5.56 Å². The number of aryl methyl sites for hydroxylation is 3. The molecule has 4 heteroatoms. The molecule has 0 aliphatic heterocycles. The van der Waals surface area contributed by atoms with E-state index in [1.165, 1.54) is 5.56 Å². The Morgan fingerprint density at radius 1 is 0.929 bits per heavy atom. The molecule has 28 heavy (non-hydrogen) atoms. The van der Waals surface area contributed by atoms with Gasteiger partial charge in [-0.1, -0.05) is 48.0 Å². The monoisotopic (exact) mass is 393 g/mol. The number of aromatic carboxylic acids is 1. The maximum Gasteiger partial charge on any atom is 0.336 e. The van der Waals surface area contributed by atoms with Crippen LogP contribution in [0.5, 0.6) is 0 Å². The molecular formula is C24H24ClNO2. The van der Waals surface area contributed by atoms with Crippen LogP contribution in [0.3, 0.4) is 0 Å². The first-order chi connectivity index (χ1) is 13.3. The summed E-state index contributed by atoms with van der Waals surface area (Å²) in [4.78, 5) is 11.4. The lowest BCUT2D eigenvalue weighted by Crippen LogP contribution is -2.07. The van der Waals surface area contributed by atoms with Crippen LogP contribution in [0.2, 0.25) is 5.02 Å². The molecule has 0 aliphatic rings. The van der Waals surface area contributed by atoms with Crippen molar-refractivity contribution in [2.24, 2.45) is 0 Å². The number of nitrogens with one attached hydrogen (secondary N) is 1. The van der Waals surface area contributed by atoms with Gasteiger partial charge in [0.2, 0.25) is 0 Å². The topological polar surface area (TPSA) is 49.3 Å². The number of benzene rings is 3. The highest BCUT2D eigenvalue weighted by Crippen LogP contribution is 2.29. The zero-order valence-corrected chi connectivity index (χ0v) is 17.3. The van der Waals surface area contributed by atoms with Crippen molar-refractivity contribution in [2.45, 2.75) is 33.7 Å². The van der Waals surface area contributed by atoms with Crippen LogP contribution in [0.1, 0.15) is 45.6 Å². The summed E-state index contributed by atoms with van der Waals surface area (Å²) in [5.74, 6) is -0.885. The van der Waals surface area contributed by atoms with E-state index in [9.17, 15) is 9.90 Å². The third-order valence-corrected chi connectivity index (χ3v) is 5.43. The van der Waals surface area contributed by atoms with Crippen molar-refractivity contribution in [1.29, 1.82) is 0 Å². The van der Waals surface area contributed by atoms with Crippen molar-refractivity contribution in [3.63, 3.8) is 0 Å². The maximum absolute atomic E-state index is 11.4. The van der Waals surface area contributed by atoms with Gasteiger partial charge >= 0.3 is 5.97 Å². The van der Waals surface area contributed by atoms with Crippen LogP contribution >= 0.6 is 11.6 Å². The van der Waals surface area contributed by atoms with Gasteiger partial charge < -0.3 is 10.4 Å². The van der Waals surface area contributed by atoms with Gasteiger partial charge in [0.05, 0.1) is 5.56 Å². The second kappa shape index (κ2) is 8.07. The Bertz CT molecular complexity index is 1020. The lowest BCUT2D eigenvalue weighted by atomic mass is 9.95. The zero-order valence-electron chi connectivity index (χ0n) is 16.5. The molecule has 0 bridgehead atoms. The fourth-order valence-corrected chi connectivity index (χ4v) is 3.64. The van der Waals surface area contributed by atoms with E-state index in [1.807, 2.05) is 63.2 Å². The van der Waals surface area contributed by atoms with Crippen molar-refractivity contribution >= 4 is 23.3 Å². The molecule has 0 amide bonds. The minimum atomic E-state index is -0.885.